The second kappa shape index (κ2) is 6.79. The first-order chi connectivity index (χ1) is 13.0. The van der Waals surface area contributed by atoms with Crippen LogP contribution in [0.4, 0.5) is 0 Å². The number of nitrogens with one attached hydrogen (secondary N) is 1. The zero-order valence-corrected chi connectivity index (χ0v) is 15.4. The minimum atomic E-state index is -3.77. The van der Waals surface area contributed by atoms with Gasteiger partial charge >= 0.3 is 0 Å². The van der Waals surface area contributed by atoms with Crippen LogP contribution < -0.4 is 0 Å². The lowest BCUT2D eigenvalue weighted by atomic mass is 10.2. The zero-order valence-electron chi connectivity index (χ0n) is 14.6. The van der Waals surface area contributed by atoms with Crippen molar-refractivity contribution in [3.8, 4) is 6.07 Å². The topological polar surface area (TPSA) is 110 Å². The summed E-state index contributed by atoms with van der Waals surface area (Å²) in [4.78, 5) is 14.2. The third-order valence-electron chi connectivity index (χ3n) is 4.99. The number of piperazine rings is 1. The molecule has 2 fully saturated rings. The molecule has 1 N–H and O–H groups in total. The van der Waals surface area contributed by atoms with E-state index in [0.29, 0.717) is 24.7 Å². The summed E-state index contributed by atoms with van der Waals surface area (Å²) < 4.78 is 27.0. The Morgan fingerprint density at radius 3 is 2.56 bits per heavy atom. The van der Waals surface area contributed by atoms with Crippen LogP contribution in [0, 0.1) is 11.3 Å². The molecule has 27 heavy (non-hydrogen) atoms. The lowest BCUT2D eigenvalue weighted by Crippen LogP contribution is -2.50. The van der Waals surface area contributed by atoms with E-state index in [4.69, 9.17) is 0 Å². The molecule has 0 bridgehead atoms. The van der Waals surface area contributed by atoms with Crippen LogP contribution >= 0.6 is 0 Å². The van der Waals surface area contributed by atoms with E-state index < -0.39 is 10.0 Å². The molecule has 4 rings (SSSR count). The Morgan fingerprint density at radius 1 is 1.19 bits per heavy atom. The van der Waals surface area contributed by atoms with Gasteiger partial charge in [0.1, 0.15) is 11.8 Å². The number of hydrogen-bond acceptors (Lipinski definition) is 5. The van der Waals surface area contributed by atoms with Gasteiger partial charge in [0, 0.05) is 37.8 Å². The molecule has 1 aromatic carbocycles. The molecule has 1 saturated carbocycles. The molecule has 1 aromatic heterocycles. The first kappa shape index (κ1) is 17.7. The number of amides is 1. The average Bonchev–Trinajstić information content (AvgIpc) is 3.44. The van der Waals surface area contributed by atoms with Gasteiger partial charge in [-0.2, -0.15) is 14.7 Å². The molecule has 140 valence electrons. The summed E-state index contributed by atoms with van der Waals surface area (Å²) in [5.74, 6) is 0.300. The van der Waals surface area contributed by atoms with Crippen molar-refractivity contribution >= 4 is 15.9 Å². The van der Waals surface area contributed by atoms with Crippen molar-refractivity contribution in [2.24, 2.45) is 0 Å². The highest BCUT2D eigenvalue weighted by atomic mass is 32.2. The van der Waals surface area contributed by atoms with E-state index in [1.54, 1.807) is 23.1 Å². The van der Waals surface area contributed by atoms with Gasteiger partial charge in [-0.1, -0.05) is 12.1 Å². The molecule has 0 atom stereocenters. The summed E-state index contributed by atoms with van der Waals surface area (Å²) in [6.07, 6.45) is 2.24. The predicted molar refractivity (Wildman–Crippen MR) is 96.4 cm³/mol. The molecule has 1 aliphatic carbocycles. The van der Waals surface area contributed by atoms with Crippen molar-refractivity contribution in [3.05, 3.63) is 47.3 Å². The van der Waals surface area contributed by atoms with Crippen molar-refractivity contribution in [2.75, 3.05) is 26.2 Å². The van der Waals surface area contributed by atoms with Gasteiger partial charge in [0.25, 0.3) is 5.91 Å². The number of aromatic amines is 1. The Bertz CT molecular complexity index is 1010. The number of hydrogen-bond donors (Lipinski definition) is 1. The molecule has 8 nitrogen and oxygen atoms in total. The highest BCUT2D eigenvalue weighted by molar-refractivity contribution is 7.89. The summed E-state index contributed by atoms with van der Waals surface area (Å²) in [5, 5.41) is 16.2. The van der Waals surface area contributed by atoms with Gasteiger partial charge in [0.15, 0.2) is 0 Å². The van der Waals surface area contributed by atoms with Crippen molar-refractivity contribution in [3.63, 3.8) is 0 Å². The van der Waals surface area contributed by atoms with Crippen LogP contribution in [0.2, 0.25) is 0 Å². The van der Waals surface area contributed by atoms with Crippen LogP contribution in [0.25, 0.3) is 0 Å². The minimum Gasteiger partial charge on any atom is -0.335 e. The third kappa shape index (κ3) is 3.34. The number of benzene rings is 1. The summed E-state index contributed by atoms with van der Waals surface area (Å²) in [7, 11) is -3.77. The van der Waals surface area contributed by atoms with E-state index in [1.807, 2.05) is 6.07 Å². The minimum absolute atomic E-state index is 0.00801. The van der Waals surface area contributed by atoms with Gasteiger partial charge in [0.2, 0.25) is 10.0 Å². The molecular formula is C18H19N5O3S. The van der Waals surface area contributed by atoms with Crippen LogP contribution in [-0.2, 0) is 10.0 Å². The number of carbonyl (C=O) groups is 1. The van der Waals surface area contributed by atoms with Crippen LogP contribution in [0.15, 0.2) is 35.2 Å². The Kier molecular flexibility index (Phi) is 4.45. The Labute approximate surface area is 157 Å². The maximum absolute atomic E-state index is 12.9. The number of sulfonamides is 1. The van der Waals surface area contributed by atoms with Crippen LogP contribution in [-0.4, -0.2) is 59.9 Å². The molecule has 2 heterocycles. The third-order valence-corrected chi connectivity index (χ3v) is 6.94. The number of carbonyl (C=O) groups excluding carboxylic acids is 1. The molecule has 2 aromatic rings. The van der Waals surface area contributed by atoms with Gasteiger partial charge < -0.3 is 4.90 Å². The number of H-pyrrole nitrogens is 1. The van der Waals surface area contributed by atoms with Gasteiger partial charge in [-0.15, -0.1) is 0 Å². The van der Waals surface area contributed by atoms with Gasteiger partial charge in [0.05, 0.1) is 10.5 Å². The van der Waals surface area contributed by atoms with E-state index >= 15 is 0 Å². The molecule has 0 unspecified atom stereocenters. The molecule has 0 radical (unpaired) electrons. The fourth-order valence-electron chi connectivity index (χ4n) is 3.27. The number of nitriles is 1. The van der Waals surface area contributed by atoms with E-state index in [0.717, 1.165) is 18.5 Å². The molecule has 0 spiro atoms. The SMILES string of the molecule is N#Cc1ccccc1S(=O)(=O)N1CCN(C(=O)c2cc(C3CC3)[nH]n2)CC1. The maximum atomic E-state index is 12.9. The normalized spacial score (nSPS) is 18.3. The van der Waals surface area contributed by atoms with E-state index in [1.165, 1.54) is 16.4 Å². The molecular weight excluding hydrogens is 366 g/mol. The highest BCUT2D eigenvalue weighted by Gasteiger charge is 2.33. The maximum Gasteiger partial charge on any atom is 0.274 e. The number of aromatic nitrogens is 2. The molecule has 1 aliphatic heterocycles. The quantitative estimate of drug-likeness (QED) is 0.853. The van der Waals surface area contributed by atoms with Gasteiger partial charge in [-0.05, 0) is 31.0 Å². The summed E-state index contributed by atoms with van der Waals surface area (Å²) >= 11 is 0. The second-order valence-electron chi connectivity index (χ2n) is 6.79. The average molecular weight is 385 g/mol. The van der Waals surface area contributed by atoms with Crippen molar-refractivity contribution in [2.45, 2.75) is 23.7 Å². The van der Waals surface area contributed by atoms with E-state index in [2.05, 4.69) is 10.2 Å². The smallest absolute Gasteiger partial charge is 0.274 e. The molecule has 1 saturated heterocycles. The van der Waals surface area contributed by atoms with Gasteiger partial charge in [-0.3, -0.25) is 9.89 Å². The van der Waals surface area contributed by atoms with E-state index in [9.17, 15) is 18.5 Å². The first-order valence-electron chi connectivity index (χ1n) is 8.84. The van der Waals surface area contributed by atoms with Crippen molar-refractivity contribution in [1.82, 2.24) is 19.4 Å². The van der Waals surface area contributed by atoms with Crippen LogP contribution in [0.5, 0.6) is 0 Å². The van der Waals surface area contributed by atoms with Crippen LogP contribution in [0.3, 0.4) is 0 Å². The molecule has 1 amide bonds. The number of rotatable bonds is 4. The van der Waals surface area contributed by atoms with Crippen molar-refractivity contribution in [1.29, 1.82) is 5.26 Å². The number of nitrogens with zero attached hydrogens (tertiary/aromatic N) is 4. The summed E-state index contributed by atoms with van der Waals surface area (Å²) in [6.45, 7) is 0.957. The Morgan fingerprint density at radius 2 is 1.89 bits per heavy atom. The van der Waals surface area contributed by atoms with Crippen molar-refractivity contribution < 1.29 is 13.2 Å². The lowest BCUT2D eigenvalue weighted by Gasteiger charge is -2.33. The Hall–Kier alpha value is -2.70. The predicted octanol–water partition coefficient (Wildman–Crippen LogP) is 1.31. The van der Waals surface area contributed by atoms with Gasteiger partial charge in [-0.25, -0.2) is 8.42 Å². The van der Waals surface area contributed by atoms with E-state index in [-0.39, 0.29) is 29.5 Å². The largest absolute Gasteiger partial charge is 0.335 e. The summed E-state index contributed by atoms with van der Waals surface area (Å²) in [6, 6.07) is 9.88. The van der Waals surface area contributed by atoms with Crippen LogP contribution in [0.1, 0.15) is 40.5 Å². The monoisotopic (exact) mass is 385 g/mol. The standard InChI is InChI=1S/C18H19N5O3S/c19-12-14-3-1-2-4-17(14)27(25,26)23-9-7-22(8-10-23)18(24)16-11-15(20-21-16)13-5-6-13/h1-4,11,13H,5-10H2,(H,20,21). The fourth-order valence-corrected chi connectivity index (χ4v) is 4.83. The lowest BCUT2D eigenvalue weighted by molar-refractivity contribution is 0.0692. The molecule has 9 heteroatoms. The highest BCUT2D eigenvalue weighted by Crippen LogP contribution is 2.39. The molecule has 2 aliphatic rings. The first-order valence-corrected chi connectivity index (χ1v) is 10.3. The Balaban J connectivity index is 1.45. The fraction of sp³-hybridized carbons (Fsp3) is 0.389. The zero-order chi connectivity index (χ0) is 19.0. The summed E-state index contributed by atoms with van der Waals surface area (Å²) in [5.41, 5.74) is 1.50. The second-order valence-corrected chi connectivity index (χ2v) is 8.69.